The summed E-state index contributed by atoms with van der Waals surface area (Å²) < 4.78 is 0. The van der Waals surface area contributed by atoms with Crippen molar-refractivity contribution in [3.05, 3.63) is 23.5 Å². The molecule has 1 heterocycles. The first-order valence-corrected chi connectivity index (χ1v) is 3.55. The van der Waals surface area contributed by atoms with Gasteiger partial charge in [0.2, 0.25) is 0 Å². The fraction of sp³-hybridized carbons (Fsp3) is 0.250. The molecule has 2 N–H and O–H groups in total. The van der Waals surface area contributed by atoms with E-state index in [1.165, 1.54) is 0 Å². The Morgan fingerprint density at radius 3 is 3.08 bits per heavy atom. The molecular weight excluding hydrogens is 154 g/mol. The van der Waals surface area contributed by atoms with Crippen LogP contribution in [0.5, 0.6) is 0 Å². The Balaban J connectivity index is 2.67. The molecule has 0 aliphatic rings. The molecule has 0 aliphatic heterocycles. The lowest BCUT2D eigenvalue weighted by Crippen LogP contribution is -2.23. The van der Waals surface area contributed by atoms with Crippen LogP contribution in [0.1, 0.15) is 16.1 Å². The minimum Gasteiger partial charge on any atom is -0.365 e. The van der Waals surface area contributed by atoms with Gasteiger partial charge in [-0.3, -0.25) is 4.79 Å². The first-order valence-electron chi connectivity index (χ1n) is 3.55. The standard InChI is InChI=1S/C8H9N3O/c1-6-7(2-4-10-6)8(12)11-5-3-9/h2,4,10H,5H2,1H3,(H,11,12). The molecule has 0 fully saturated rings. The summed E-state index contributed by atoms with van der Waals surface area (Å²) in [5.74, 6) is -0.213. The zero-order valence-electron chi connectivity index (χ0n) is 6.72. The third kappa shape index (κ3) is 1.64. The molecule has 1 aromatic heterocycles. The predicted octanol–water partition coefficient (Wildman–Crippen LogP) is 0.576. The van der Waals surface area contributed by atoms with Gasteiger partial charge in [0.1, 0.15) is 6.54 Å². The van der Waals surface area contributed by atoms with Crippen molar-refractivity contribution in [3.63, 3.8) is 0 Å². The number of hydrogen-bond donors (Lipinski definition) is 2. The van der Waals surface area contributed by atoms with Crippen molar-refractivity contribution >= 4 is 5.91 Å². The Labute approximate surface area is 70.2 Å². The summed E-state index contributed by atoms with van der Waals surface area (Å²) in [5.41, 5.74) is 1.40. The van der Waals surface area contributed by atoms with Crippen LogP contribution in [0.15, 0.2) is 12.3 Å². The van der Waals surface area contributed by atoms with Crippen molar-refractivity contribution in [3.8, 4) is 6.07 Å². The maximum Gasteiger partial charge on any atom is 0.253 e. The van der Waals surface area contributed by atoms with Gasteiger partial charge < -0.3 is 10.3 Å². The summed E-state index contributed by atoms with van der Waals surface area (Å²) in [6.07, 6.45) is 1.69. The van der Waals surface area contributed by atoms with E-state index in [1.807, 2.05) is 6.07 Å². The van der Waals surface area contributed by atoms with Crippen molar-refractivity contribution < 1.29 is 4.79 Å². The monoisotopic (exact) mass is 163 g/mol. The predicted molar refractivity (Wildman–Crippen MR) is 43.5 cm³/mol. The number of nitrogens with zero attached hydrogens (tertiary/aromatic N) is 1. The van der Waals surface area contributed by atoms with Gasteiger partial charge in [-0.1, -0.05) is 0 Å². The van der Waals surface area contributed by atoms with Gasteiger partial charge in [0.25, 0.3) is 5.91 Å². The van der Waals surface area contributed by atoms with Crippen molar-refractivity contribution in [2.24, 2.45) is 0 Å². The molecule has 62 valence electrons. The van der Waals surface area contributed by atoms with E-state index in [0.29, 0.717) is 5.56 Å². The minimum absolute atomic E-state index is 0.0451. The third-order valence-corrected chi connectivity index (χ3v) is 1.53. The van der Waals surface area contributed by atoms with Gasteiger partial charge in [0.15, 0.2) is 0 Å². The summed E-state index contributed by atoms with van der Waals surface area (Å²) >= 11 is 0. The van der Waals surface area contributed by atoms with Crippen LogP contribution in [0.2, 0.25) is 0 Å². The Hall–Kier alpha value is -1.76. The van der Waals surface area contributed by atoms with E-state index in [-0.39, 0.29) is 12.5 Å². The number of nitrogens with one attached hydrogen (secondary N) is 2. The number of carbonyl (C=O) groups is 1. The third-order valence-electron chi connectivity index (χ3n) is 1.53. The molecule has 12 heavy (non-hydrogen) atoms. The molecule has 0 bridgehead atoms. The number of aromatic amines is 1. The molecule has 1 rings (SSSR count). The van der Waals surface area contributed by atoms with Crippen molar-refractivity contribution in [2.45, 2.75) is 6.92 Å². The normalized spacial score (nSPS) is 9.00. The highest BCUT2D eigenvalue weighted by Crippen LogP contribution is 2.03. The van der Waals surface area contributed by atoms with Crippen LogP contribution in [0.3, 0.4) is 0 Å². The molecule has 1 aromatic rings. The van der Waals surface area contributed by atoms with Gasteiger partial charge in [-0.25, -0.2) is 0 Å². The summed E-state index contributed by atoms with van der Waals surface area (Å²) in [4.78, 5) is 14.1. The Morgan fingerprint density at radius 2 is 2.58 bits per heavy atom. The molecule has 0 spiro atoms. The van der Waals surface area contributed by atoms with Crippen molar-refractivity contribution in [2.75, 3.05) is 6.54 Å². The molecule has 0 unspecified atom stereocenters. The van der Waals surface area contributed by atoms with Gasteiger partial charge in [-0.2, -0.15) is 5.26 Å². The quantitative estimate of drug-likeness (QED) is 0.626. The number of nitriles is 1. The highest BCUT2D eigenvalue weighted by molar-refractivity contribution is 5.95. The number of carbonyl (C=O) groups excluding carboxylic acids is 1. The average molecular weight is 163 g/mol. The maximum atomic E-state index is 11.2. The number of hydrogen-bond acceptors (Lipinski definition) is 2. The van der Waals surface area contributed by atoms with Gasteiger partial charge in [-0.05, 0) is 13.0 Å². The van der Waals surface area contributed by atoms with Crippen LogP contribution >= 0.6 is 0 Å². The van der Waals surface area contributed by atoms with E-state index in [0.717, 1.165) is 5.69 Å². The smallest absolute Gasteiger partial charge is 0.253 e. The van der Waals surface area contributed by atoms with E-state index >= 15 is 0 Å². The first-order chi connectivity index (χ1) is 5.75. The molecule has 0 saturated carbocycles. The van der Waals surface area contributed by atoms with Crippen LogP contribution in [-0.2, 0) is 0 Å². The topological polar surface area (TPSA) is 68.7 Å². The molecule has 1 amide bonds. The fourth-order valence-corrected chi connectivity index (χ4v) is 0.914. The van der Waals surface area contributed by atoms with E-state index in [9.17, 15) is 4.79 Å². The zero-order chi connectivity index (χ0) is 8.97. The number of aryl methyl sites for hydroxylation is 1. The lowest BCUT2D eigenvalue weighted by Gasteiger charge is -1.98. The Morgan fingerprint density at radius 1 is 1.83 bits per heavy atom. The Bertz CT molecular complexity index is 321. The lowest BCUT2D eigenvalue weighted by molar-refractivity contribution is 0.0958. The summed E-state index contributed by atoms with van der Waals surface area (Å²) in [6, 6.07) is 3.52. The molecule has 0 aromatic carbocycles. The van der Waals surface area contributed by atoms with Crippen LogP contribution in [0, 0.1) is 18.3 Å². The van der Waals surface area contributed by atoms with Gasteiger partial charge in [-0.15, -0.1) is 0 Å². The molecule has 0 saturated heterocycles. The second kappa shape index (κ2) is 3.58. The number of aromatic nitrogens is 1. The molecular formula is C8H9N3O. The average Bonchev–Trinajstić information content (AvgIpc) is 2.47. The molecule has 4 nitrogen and oxygen atoms in total. The Kier molecular flexibility index (Phi) is 2.49. The molecule has 4 heteroatoms. The van der Waals surface area contributed by atoms with Gasteiger partial charge >= 0.3 is 0 Å². The second-order valence-electron chi connectivity index (χ2n) is 2.36. The number of amides is 1. The van der Waals surface area contributed by atoms with Crippen LogP contribution < -0.4 is 5.32 Å². The van der Waals surface area contributed by atoms with E-state index in [4.69, 9.17) is 5.26 Å². The maximum absolute atomic E-state index is 11.2. The lowest BCUT2D eigenvalue weighted by atomic mass is 10.2. The summed E-state index contributed by atoms with van der Waals surface area (Å²) in [5, 5.41) is 10.7. The highest BCUT2D eigenvalue weighted by Gasteiger charge is 2.07. The van der Waals surface area contributed by atoms with Crippen LogP contribution in [0.4, 0.5) is 0 Å². The fourth-order valence-electron chi connectivity index (χ4n) is 0.914. The minimum atomic E-state index is -0.213. The molecule has 0 atom stereocenters. The number of H-pyrrole nitrogens is 1. The van der Waals surface area contributed by atoms with E-state index < -0.39 is 0 Å². The van der Waals surface area contributed by atoms with Crippen LogP contribution in [0.25, 0.3) is 0 Å². The first kappa shape index (κ1) is 8.34. The largest absolute Gasteiger partial charge is 0.365 e. The van der Waals surface area contributed by atoms with Crippen molar-refractivity contribution in [1.82, 2.24) is 10.3 Å². The van der Waals surface area contributed by atoms with Crippen LogP contribution in [-0.4, -0.2) is 17.4 Å². The second-order valence-corrected chi connectivity index (χ2v) is 2.36. The SMILES string of the molecule is Cc1[nH]ccc1C(=O)NCC#N. The number of rotatable bonds is 2. The zero-order valence-corrected chi connectivity index (χ0v) is 6.72. The highest BCUT2D eigenvalue weighted by atomic mass is 16.1. The van der Waals surface area contributed by atoms with E-state index in [1.54, 1.807) is 19.2 Å². The van der Waals surface area contributed by atoms with Gasteiger partial charge in [0, 0.05) is 11.9 Å². The van der Waals surface area contributed by atoms with Gasteiger partial charge in [0.05, 0.1) is 11.6 Å². The summed E-state index contributed by atoms with van der Waals surface area (Å²) in [6.45, 7) is 1.85. The van der Waals surface area contributed by atoms with Crippen molar-refractivity contribution in [1.29, 1.82) is 5.26 Å². The van der Waals surface area contributed by atoms with E-state index in [2.05, 4.69) is 10.3 Å². The molecule has 0 aliphatic carbocycles. The molecule has 0 radical (unpaired) electrons. The summed E-state index contributed by atoms with van der Waals surface area (Å²) in [7, 11) is 0.